The van der Waals surface area contributed by atoms with Gasteiger partial charge in [0.15, 0.2) is 5.82 Å². The molecular formula is C8H14N6O. The van der Waals surface area contributed by atoms with Crippen LogP contribution in [0.1, 0.15) is 10.4 Å². The standard InChI is InChI=1S/C8H14N6O/c1-13(2)5-10-11-8(15)6-4-14(3)12-7(6)9/h4-5H,1-3H3,(H2,9,12)(H,11,15)/b10-5+. The number of nitrogens with zero attached hydrogens (tertiary/aromatic N) is 4. The van der Waals surface area contributed by atoms with Crippen molar-refractivity contribution in [3.8, 4) is 0 Å². The van der Waals surface area contributed by atoms with Crippen LogP contribution in [-0.2, 0) is 7.05 Å². The van der Waals surface area contributed by atoms with Gasteiger partial charge in [0.1, 0.15) is 11.9 Å². The number of nitrogens with two attached hydrogens (primary N) is 1. The first-order chi connectivity index (χ1) is 7.00. The second-order valence-electron chi connectivity index (χ2n) is 3.25. The van der Waals surface area contributed by atoms with Gasteiger partial charge in [-0.05, 0) is 0 Å². The van der Waals surface area contributed by atoms with E-state index < -0.39 is 0 Å². The van der Waals surface area contributed by atoms with E-state index in [9.17, 15) is 4.79 Å². The largest absolute Gasteiger partial charge is 0.382 e. The fraction of sp³-hybridized carbons (Fsp3) is 0.375. The summed E-state index contributed by atoms with van der Waals surface area (Å²) < 4.78 is 1.47. The molecule has 82 valence electrons. The Morgan fingerprint density at radius 3 is 2.87 bits per heavy atom. The van der Waals surface area contributed by atoms with E-state index in [-0.39, 0.29) is 11.7 Å². The average molecular weight is 210 g/mol. The Morgan fingerprint density at radius 1 is 1.73 bits per heavy atom. The van der Waals surface area contributed by atoms with Crippen molar-refractivity contribution in [1.29, 1.82) is 0 Å². The Bertz CT molecular complexity index is 380. The zero-order valence-electron chi connectivity index (χ0n) is 8.93. The highest BCUT2D eigenvalue weighted by Gasteiger charge is 2.11. The van der Waals surface area contributed by atoms with Crippen LogP contribution in [0.4, 0.5) is 5.82 Å². The first kappa shape index (κ1) is 11.0. The number of anilines is 1. The van der Waals surface area contributed by atoms with E-state index in [2.05, 4.69) is 15.6 Å². The van der Waals surface area contributed by atoms with Gasteiger partial charge in [-0.2, -0.15) is 10.2 Å². The molecule has 0 aromatic carbocycles. The molecule has 1 aromatic heterocycles. The van der Waals surface area contributed by atoms with Crippen molar-refractivity contribution in [2.24, 2.45) is 12.1 Å². The number of aryl methyl sites for hydroxylation is 1. The van der Waals surface area contributed by atoms with E-state index in [1.807, 2.05) is 0 Å². The summed E-state index contributed by atoms with van der Waals surface area (Å²) in [4.78, 5) is 13.2. The van der Waals surface area contributed by atoms with Gasteiger partial charge in [0, 0.05) is 27.3 Å². The zero-order chi connectivity index (χ0) is 11.4. The first-order valence-corrected chi connectivity index (χ1v) is 4.29. The van der Waals surface area contributed by atoms with Gasteiger partial charge in [0.25, 0.3) is 5.91 Å². The molecule has 15 heavy (non-hydrogen) atoms. The molecule has 1 rings (SSSR count). The van der Waals surface area contributed by atoms with E-state index in [4.69, 9.17) is 5.73 Å². The fourth-order valence-electron chi connectivity index (χ4n) is 0.944. The number of carbonyl (C=O) groups is 1. The summed E-state index contributed by atoms with van der Waals surface area (Å²) in [5, 5.41) is 7.55. The van der Waals surface area contributed by atoms with Crippen LogP contribution >= 0.6 is 0 Å². The minimum absolute atomic E-state index is 0.190. The number of hydrazone groups is 1. The van der Waals surface area contributed by atoms with Gasteiger partial charge < -0.3 is 10.6 Å². The van der Waals surface area contributed by atoms with Crippen LogP contribution in [-0.4, -0.2) is 41.0 Å². The molecule has 7 heteroatoms. The number of rotatable bonds is 3. The number of nitrogen functional groups attached to an aromatic ring is 1. The van der Waals surface area contributed by atoms with E-state index in [1.54, 1.807) is 26.0 Å². The van der Waals surface area contributed by atoms with Crippen LogP contribution < -0.4 is 11.2 Å². The van der Waals surface area contributed by atoms with Gasteiger partial charge in [-0.3, -0.25) is 9.48 Å². The molecule has 0 atom stereocenters. The van der Waals surface area contributed by atoms with Crippen LogP contribution in [0.5, 0.6) is 0 Å². The number of hydrogen-bond donors (Lipinski definition) is 2. The summed E-state index contributed by atoms with van der Waals surface area (Å²) in [5.41, 5.74) is 8.17. The van der Waals surface area contributed by atoms with Crippen molar-refractivity contribution in [2.45, 2.75) is 0 Å². The summed E-state index contributed by atoms with van der Waals surface area (Å²) in [6, 6.07) is 0. The van der Waals surface area contributed by atoms with E-state index in [0.29, 0.717) is 5.56 Å². The molecule has 0 spiro atoms. The molecule has 0 aliphatic rings. The van der Waals surface area contributed by atoms with Crippen LogP contribution in [0.25, 0.3) is 0 Å². The van der Waals surface area contributed by atoms with Crippen LogP contribution in [0.15, 0.2) is 11.3 Å². The Labute approximate surface area is 87.5 Å². The van der Waals surface area contributed by atoms with Gasteiger partial charge in [-0.25, -0.2) is 5.43 Å². The zero-order valence-corrected chi connectivity index (χ0v) is 8.93. The molecule has 0 aliphatic heterocycles. The predicted octanol–water partition coefficient (Wildman–Crippen LogP) is -0.763. The minimum Gasteiger partial charge on any atom is -0.382 e. The summed E-state index contributed by atoms with van der Waals surface area (Å²) in [6.07, 6.45) is 3.01. The molecule has 0 saturated carbocycles. The van der Waals surface area contributed by atoms with Crippen molar-refractivity contribution < 1.29 is 4.79 Å². The topological polar surface area (TPSA) is 88.5 Å². The maximum atomic E-state index is 11.5. The average Bonchev–Trinajstić information content (AvgIpc) is 2.44. The number of hydrogen-bond acceptors (Lipinski definition) is 4. The lowest BCUT2D eigenvalue weighted by molar-refractivity contribution is 0.0955. The minimum atomic E-state index is -0.376. The number of aromatic nitrogens is 2. The second-order valence-corrected chi connectivity index (χ2v) is 3.25. The van der Waals surface area contributed by atoms with Gasteiger partial charge in [-0.15, -0.1) is 0 Å². The third-order valence-corrected chi connectivity index (χ3v) is 1.56. The molecule has 1 aromatic rings. The Kier molecular flexibility index (Phi) is 3.27. The van der Waals surface area contributed by atoms with Gasteiger partial charge in [0.2, 0.25) is 0 Å². The second kappa shape index (κ2) is 4.45. The third-order valence-electron chi connectivity index (χ3n) is 1.56. The SMILES string of the molecule is CN(C)/C=N/NC(=O)c1cn(C)nc1N. The third kappa shape index (κ3) is 2.97. The monoisotopic (exact) mass is 210 g/mol. The lowest BCUT2D eigenvalue weighted by Crippen LogP contribution is -2.20. The van der Waals surface area contributed by atoms with Crippen molar-refractivity contribution >= 4 is 18.1 Å². The van der Waals surface area contributed by atoms with Crippen LogP contribution in [0, 0.1) is 0 Å². The molecule has 0 aliphatic carbocycles. The fourth-order valence-corrected chi connectivity index (χ4v) is 0.944. The van der Waals surface area contributed by atoms with Gasteiger partial charge in [-0.1, -0.05) is 0 Å². The number of amides is 1. The van der Waals surface area contributed by atoms with E-state index in [1.165, 1.54) is 17.2 Å². The van der Waals surface area contributed by atoms with Crippen LogP contribution in [0.3, 0.4) is 0 Å². The number of carbonyl (C=O) groups excluding carboxylic acids is 1. The predicted molar refractivity (Wildman–Crippen MR) is 57.3 cm³/mol. The normalized spacial score (nSPS) is 10.6. The number of nitrogens with one attached hydrogen (secondary N) is 1. The van der Waals surface area contributed by atoms with Crippen LogP contribution in [0.2, 0.25) is 0 Å². The first-order valence-electron chi connectivity index (χ1n) is 4.29. The highest BCUT2D eigenvalue weighted by molar-refractivity contribution is 5.98. The van der Waals surface area contributed by atoms with Crippen molar-refractivity contribution in [2.75, 3.05) is 19.8 Å². The van der Waals surface area contributed by atoms with E-state index >= 15 is 0 Å². The summed E-state index contributed by atoms with van der Waals surface area (Å²) >= 11 is 0. The summed E-state index contributed by atoms with van der Waals surface area (Å²) in [7, 11) is 5.29. The van der Waals surface area contributed by atoms with Crippen molar-refractivity contribution in [3.63, 3.8) is 0 Å². The quantitative estimate of drug-likeness (QED) is 0.390. The smallest absolute Gasteiger partial charge is 0.276 e. The lowest BCUT2D eigenvalue weighted by Gasteiger charge is -2.02. The molecule has 0 bridgehead atoms. The maximum Gasteiger partial charge on any atom is 0.276 e. The highest BCUT2D eigenvalue weighted by Crippen LogP contribution is 2.06. The van der Waals surface area contributed by atoms with Gasteiger partial charge in [0.05, 0.1) is 0 Å². The molecular weight excluding hydrogens is 196 g/mol. The Balaban J connectivity index is 2.65. The molecule has 7 nitrogen and oxygen atoms in total. The van der Waals surface area contributed by atoms with Crippen molar-refractivity contribution in [1.82, 2.24) is 20.1 Å². The lowest BCUT2D eigenvalue weighted by atomic mass is 10.3. The molecule has 1 heterocycles. The Hall–Kier alpha value is -2.05. The van der Waals surface area contributed by atoms with E-state index in [0.717, 1.165) is 0 Å². The Morgan fingerprint density at radius 2 is 2.40 bits per heavy atom. The molecule has 0 saturated heterocycles. The van der Waals surface area contributed by atoms with Crippen molar-refractivity contribution in [3.05, 3.63) is 11.8 Å². The summed E-state index contributed by atoms with van der Waals surface area (Å²) in [6.45, 7) is 0. The molecule has 0 fully saturated rings. The molecule has 0 unspecified atom stereocenters. The summed E-state index contributed by atoms with van der Waals surface area (Å²) in [5.74, 6) is -0.186. The maximum absolute atomic E-state index is 11.5. The molecule has 0 radical (unpaired) electrons. The molecule has 3 N–H and O–H groups in total. The molecule has 1 amide bonds. The highest BCUT2D eigenvalue weighted by atomic mass is 16.2. The van der Waals surface area contributed by atoms with Gasteiger partial charge >= 0.3 is 0 Å².